The second-order valence-corrected chi connectivity index (χ2v) is 5.26. The molecule has 0 spiro atoms. The van der Waals surface area contributed by atoms with Crippen molar-refractivity contribution in [1.29, 1.82) is 0 Å². The van der Waals surface area contributed by atoms with Gasteiger partial charge in [-0.1, -0.05) is 6.92 Å². The van der Waals surface area contributed by atoms with Gasteiger partial charge >= 0.3 is 0 Å². The molecule has 1 rings (SSSR count). The Morgan fingerprint density at radius 1 is 1.05 bits per heavy atom. The van der Waals surface area contributed by atoms with Gasteiger partial charge < -0.3 is 19.5 Å². The van der Waals surface area contributed by atoms with Crippen molar-refractivity contribution in [2.45, 2.75) is 45.1 Å². The Kier molecular flexibility index (Phi) is 10.4. The van der Waals surface area contributed by atoms with Crippen LogP contribution in [0.15, 0.2) is 0 Å². The molecule has 4 nitrogen and oxygen atoms in total. The lowest BCUT2D eigenvalue weighted by Gasteiger charge is -2.17. The van der Waals surface area contributed by atoms with Crippen LogP contribution in [0.3, 0.4) is 0 Å². The number of methoxy groups -OCH3 is 1. The van der Waals surface area contributed by atoms with Gasteiger partial charge in [0.15, 0.2) is 0 Å². The Hall–Kier alpha value is -0.160. The summed E-state index contributed by atoms with van der Waals surface area (Å²) < 4.78 is 15.8. The number of nitrogens with one attached hydrogen (secondary N) is 1. The molecule has 4 heteroatoms. The van der Waals surface area contributed by atoms with E-state index in [1.807, 2.05) is 0 Å². The van der Waals surface area contributed by atoms with Crippen molar-refractivity contribution in [3.05, 3.63) is 0 Å². The number of ether oxygens (including phenoxy) is 3. The van der Waals surface area contributed by atoms with Crippen molar-refractivity contribution in [3.63, 3.8) is 0 Å². The average Bonchev–Trinajstić information content (AvgIpc) is 3.24. The first-order valence-corrected chi connectivity index (χ1v) is 7.76. The summed E-state index contributed by atoms with van der Waals surface area (Å²) in [4.78, 5) is 0. The molecule has 0 saturated heterocycles. The van der Waals surface area contributed by atoms with Crippen molar-refractivity contribution in [2.75, 3.05) is 46.7 Å². The smallest absolute Gasteiger partial charge is 0.0701 e. The average molecular weight is 273 g/mol. The minimum absolute atomic E-state index is 0.657. The summed E-state index contributed by atoms with van der Waals surface area (Å²) in [7, 11) is 1.68. The molecule has 1 atom stereocenters. The van der Waals surface area contributed by atoms with Crippen LogP contribution in [-0.4, -0.2) is 52.7 Å². The lowest BCUT2D eigenvalue weighted by Crippen LogP contribution is -2.32. The molecule has 1 aliphatic carbocycles. The lowest BCUT2D eigenvalue weighted by atomic mass is 10.1. The maximum Gasteiger partial charge on any atom is 0.0701 e. The molecular weight excluding hydrogens is 242 g/mol. The van der Waals surface area contributed by atoms with Crippen molar-refractivity contribution >= 4 is 0 Å². The second kappa shape index (κ2) is 11.6. The molecule has 1 N–H and O–H groups in total. The summed E-state index contributed by atoms with van der Waals surface area (Å²) in [6, 6.07) is 0.724. The van der Waals surface area contributed by atoms with Gasteiger partial charge in [-0.05, 0) is 44.6 Å². The summed E-state index contributed by atoms with van der Waals surface area (Å²) in [5.74, 6) is 0.934. The summed E-state index contributed by atoms with van der Waals surface area (Å²) >= 11 is 0. The molecule has 114 valence electrons. The third kappa shape index (κ3) is 9.38. The zero-order chi connectivity index (χ0) is 13.8. The molecule has 1 fully saturated rings. The van der Waals surface area contributed by atoms with Gasteiger partial charge in [-0.3, -0.25) is 0 Å². The fourth-order valence-corrected chi connectivity index (χ4v) is 2.20. The van der Waals surface area contributed by atoms with E-state index >= 15 is 0 Å². The van der Waals surface area contributed by atoms with Gasteiger partial charge in [-0.2, -0.15) is 0 Å². The van der Waals surface area contributed by atoms with Crippen LogP contribution < -0.4 is 5.32 Å². The van der Waals surface area contributed by atoms with Gasteiger partial charge in [0, 0.05) is 19.8 Å². The molecule has 0 amide bonds. The van der Waals surface area contributed by atoms with E-state index in [9.17, 15) is 0 Å². The van der Waals surface area contributed by atoms with Crippen LogP contribution in [0.25, 0.3) is 0 Å². The molecule has 0 radical (unpaired) electrons. The first-order chi connectivity index (χ1) is 9.38. The van der Waals surface area contributed by atoms with Gasteiger partial charge in [-0.25, -0.2) is 0 Å². The maximum atomic E-state index is 5.58. The molecular formula is C15H31NO3. The molecule has 1 aliphatic rings. The molecule has 0 bridgehead atoms. The Labute approximate surface area is 118 Å². The number of hydrogen-bond acceptors (Lipinski definition) is 4. The highest BCUT2D eigenvalue weighted by atomic mass is 16.5. The van der Waals surface area contributed by atoms with Gasteiger partial charge in [0.25, 0.3) is 0 Å². The van der Waals surface area contributed by atoms with Crippen LogP contribution in [0.4, 0.5) is 0 Å². The molecule has 0 aliphatic heterocycles. The summed E-state index contributed by atoms with van der Waals surface area (Å²) in [6.45, 7) is 6.91. The van der Waals surface area contributed by atoms with E-state index < -0.39 is 0 Å². The maximum absolute atomic E-state index is 5.58. The minimum atomic E-state index is 0.657. The largest absolute Gasteiger partial charge is 0.382 e. The summed E-state index contributed by atoms with van der Waals surface area (Å²) in [6.07, 6.45) is 6.44. The third-order valence-electron chi connectivity index (χ3n) is 3.46. The van der Waals surface area contributed by atoms with E-state index in [4.69, 9.17) is 14.2 Å². The Morgan fingerprint density at radius 3 is 2.37 bits per heavy atom. The predicted octanol–water partition coefficient (Wildman–Crippen LogP) is 2.22. The van der Waals surface area contributed by atoms with Crippen molar-refractivity contribution in [2.24, 2.45) is 5.92 Å². The standard InChI is InChI=1S/C15H31NO3/c1-3-8-16-15(14-6-7-14)5-4-9-18-12-13-19-11-10-17-2/h14-16H,3-13H2,1-2H3. The van der Waals surface area contributed by atoms with Crippen LogP contribution in [-0.2, 0) is 14.2 Å². The van der Waals surface area contributed by atoms with E-state index in [2.05, 4.69) is 12.2 Å². The van der Waals surface area contributed by atoms with Crippen LogP contribution in [0.1, 0.15) is 39.0 Å². The van der Waals surface area contributed by atoms with E-state index in [0.717, 1.165) is 31.5 Å². The molecule has 0 aromatic heterocycles. The predicted molar refractivity (Wildman–Crippen MR) is 77.6 cm³/mol. The second-order valence-electron chi connectivity index (χ2n) is 5.26. The highest BCUT2D eigenvalue weighted by Gasteiger charge is 2.29. The van der Waals surface area contributed by atoms with Gasteiger partial charge in [0.2, 0.25) is 0 Å². The normalized spacial score (nSPS) is 16.7. The third-order valence-corrected chi connectivity index (χ3v) is 3.46. The summed E-state index contributed by atoms with van der Waals surface area (Å²) in [5.41, 5.74) is 0. The lowest BCUT2D eigenvalue weighted by molar-refractivity contribution is 0.0235. The quantitative estimate of drug-likeness (QED) is 0.493. The van der Waals surface area contributed by atoms with Gasteiger partial charge in [0.05, 0.1) is 26.4 Å². The van der Waals surface area contributed by atoms with Gasteiger partial charge in [-0.15, -0.1) is 0 Å². The molecule has 0 heterocycles. The summed E-state index contributed by atoms with van der Waals surface area (Å²) in [5, 5.41) is 3.66. The van der Waals surface area contributed by atoms with Crippen molar-refractivity contribution in [1.82, 2.24) is 5.32 Å². The fraction of sp³-hybridized carbons (Fsp3) is 1.00. The molecule has 0 aromatic rings. The zero-order valence-corrected chi connectivity index (χ0v) is 12.7. The van der Waals surface area contributed by atoms with Crippen LogP contribution in [0, 0.1) is 5.92 Å². The monoisotopic (exact) mass is 273 g/mol. The minimum Gasteiger partial charge on any atom is -0.382 e. The van der Waals surface area contributed by atoms with Crippen LogP contribution in [0.5, 0.6) is 0 Å². The molecule has 1 unspecified atom stereocenters. The van der Waals surface area contributed by atoms with Crippen molar-refractivity contribution in [3.8, 4) is 0 Å². The van der Waals surface area contributed by atoms with E-state index in [-0.39, 0.29) is 0 Å². The molecule has 1 saturated carbocycles. The van der Waals surface area contributed by atoms with Gasteiger partial charge in [0.1, 0.15) is 0 Å². The SMILES string of the molecule is CCCNC(CCCOCCOCCOC)C1CC1. The number of hydrogen-bond donors (Lipinski definition) is 1. The topological polar surface area (TPSA) is 39.7 Å². The molecule has 19 heavy (non-hydrogen) atoms. The van der Waals surface area contributed by atoms with E-state index in [1.165, 1.54) is 25.7 Å². The van der Waals surface area contributed by atoms with Crippen LogP contribution >= 0.6 is 0 Å². The number of rotatable bonds is 14. The van der Waals surface area contributed by atoms with Crippen LogP contribution in [0.2, 0.25) is 0 Å². The Morgan fingerprint density at radius 2 is 1.74 bits per heavy atom. The van der Waals surface area contributed by atoms with E-state index in [0.29, 0.717) is 26.4 Å². The van der Waals surface area contributed by atoms with E-state index in [1.54, 1.807) is 7.11 Å². The highest BCUT2D eigenvalue weighted by Crippen LogP contribution is 2.34. The zero-order valence-electron chi connectivity index (χ0n) is 12.7. The Balaban J connectivity index is 1.85. The fourth-order valence-electron chi connectivity index (χ4n) is 2.20. The molecule has 0 aromatic carbocycles. The first kappa shape index (κ1) is 16.9. The highest BCUT2D eigenvalue weighted by molar-refractivity contribution is 4.86. The first-order valence-electron chi connectivity index (χ1n) is 7.76. The Bertz CT molecular complexity index is 198. The van der Waals surface area contributed by atoms with Crippen molar-refractivity contribution < 1.29 is 14.2 Å².